The van der Waals surface area contributed by atoms with Gasteiger partial charge in [0.25, 0.3) is 5.56 Å². The number of benzene rings is 2. The highest BCUT2D eigenvalue weighted by Crippen LogP contribution is 2.39. The average Bonchev–Trinajstić information content (AvgIpc) is 3.25. The van der Waals surface area contributed by atoms with Crippen LogP contribution in [0.5, 0.6) is 23.0 Å². The van der Waals surface area contributed by atoms with E-state index in [1.54, 1.807) is 49.6 Å². The lowest BCUT2D eigenvalue weighted by atomic mass is 9.84. The van der Waals surface area contributed by atoms with Gasteiger partial charge in [0.1, 0.15) is 10.5 Å². The predicted molar refractivity (Wildman–Crippen MR) is 145 cm³/mol. The van der Waals surface area contributed by atoms with Crippen LogP contribution in [0.4, 0.5) is 0 Å². The number of nitriles is 2. The first-order valence-electron chi connectivity index (χ1n) is 11.8. The van der Waals surface area contributed by atoms with Crippen molar-refractivity contribution in [1.82, 2.24) is 4.57 Å². The van der Waals surface area contributed by atoms with E-state index in [9.17, 15) is 15.3 Å². The second-order valence-corrected chi connectivity index (χ2v) is 9.14. The summed E-state index contributed by atoms with van der Waals surface area (Å²) in [5.41, 5.74) is 7.65. The lowest BCUT2D eigenvalue weighted by Gasteiger charge is -2.23. The number of allylic oxidation sites excluding steroid dienone is 1. The lowest BCUT2D eigenvalue weighted by Crippen LogP contribution is -2.38. The number of ether oxygens (including phenoxy) is 4. The van der Waals surface area contributed by atoms with E-state index < -0.39 is 11.5 Å². The largest absolute Gasteiger partial charge is 0.493 e. The van der Waals surface area contributed by atoms with E-state index in [1.807, 2.05) is 13.8 Å². The van der Waals surface area contributed by atoms with Crippen molar-refractivity contribution in [3.63, 3.8) is 0 Å². The zero-order valence-corrected chi connectivity index (χ0v) is 22.2. The fourth-order valence-corrected chi connectivity index (χ4v) is 5.45. The van der Waals surface area contributed by atoms with E-state index in [2.05, 4.69) is 12.1 Å². The number of nitrogens with zero attached hydrogens (tertiary/aromatic N) is 3. The molecular weight excluding hydrogens is 504 g/mol. The third kappa shape index (κ3) is 4.58. The van der Waals surface area contributed by atoms with Gasteiger partial charge in [-0.25, -0.2) is 0 Å². The van der Waals surface area contributed by atoms with E-state index in [0.717, 1.165) is 11.3 Å². The van der Waals surface area contributed by atoms with Gasteiger partial charge in [0.05, 0.1) is 61.2 Å². The molecule has 38 heavy (non-hydrogen) atoms. The Kier molecular flexibility index (Phi) is 7.75. The van der Waals surface area contributed by atoms with Crippen molar-refractivity contribution in [1.29, 1.82) is 10.5 Å². The Balaban J connectivity index is 1.95. The van der Waals surface area contributed by atoms with E-state index in [-0.39, 0.29) is 17.0 Å². The van der Waals surface area contributed by atoms with Gasteiger partial charge in [0, 0.05) is 0 Å². The SMILES string of the molecule is CCOc1ccc(/C=c2/sc3n(c2=O)C(N)=C(C#N)[C@H](c2ccc(OCC)c(OC)c2)C=3C#N)cc1OC. The molecule has 1 aliphatic rings. The fraction of sp³-hybridized carbons (Fsp3) is 0.250. The van der Waals surface area contributed by atoms with Crippen LogP contribution in [0.2, 0.25) is 0 Å². The molecule has 3 aromatic rings. The molecule has 1 atom stereocenters. The molecule has 1 aromatic heterocycles. The second-order valence-electron chi connectivity index (χ2n) is 8.11. The van der Waals surface area contributed by atoms with Gasteiger partial charge in [-0.1, -0.05) is 12.1 Å². The number of thiazole rings is 1. The summed E-state index contributed by atoms with van der Waals surface area (Å²) in [6.45, 7) is 4.68. The number of fused-ring (bicyclic) bond motifs is 1. The monoisotopic (exact) mass is 530 g/mol. The number of hydrogen-bond donors (Lipinski definition) is 1. The first-order valence-corrected chi connectivity index (χ1v) is 12.6. The molecule has 9 nitrogen and oxygen atoms in total. The minimum absolute atomic E-state index is 0.00970. The van der Waals surface area contributed by atoms with E-state index in [1.165, 1.54) is 11.7 Å². The summed E-state index contributed by atoms with van der Waals surface area (Å²) in [5, 5.41) is 20.3. The van der Waals surface area contributed by atoms with Crippen LogP contribution in [0.15, 0.2) is 46.8 Å². The van der Waals surface area contributed by atoms with E-state index in [0.29, 0.717) is 56.5 Å². The Labute approximate surface area is 223 Å². The first kappa shape index (κ1) is 26.4. The molecule has 0 bridgehead atoms. The summed E-state index contributed by atoms with van der Waals surface area (Å²) in [6, 6.07) is 14.9. The molecule has 0 spiro atoms. The first-order chi connectivity index (χ1) is 18.4. The summed E-state index contributed by atoms with van der Waals surface area (Å²) in [4.78, 5) is 13.4. The summed E-state index contributed by atoms with van der Waals surface area (Å²) in [6.07, 6.45) is 1.69. The molecule has 4 rings (SSSR count). The van der Waals surface area contributed by atoms with Crippen molar-refractivity contribution in [3.05, 3.63) is 72.6 Å². The molecule has 2 N–H and O–H groups in total. The molecule has 0 amide bonds. The lowest BCUT2D eigenvalue weighted by molar-refractivity contribution is 0.310. The highest BCUT2D eigenvalue weighted by atomic mass is 32.1. The van der Waals surface area contributed by atoms with E-state index >= 15 is 0 Å². The Bertz CT molecular complexity index is 1690. The Morgan fingerprint density at radius 1 is 0.947 bits per heavy atom. The van der Waals surface area contributed by atoms with Crippen molar-refractivity contribution in [2.45, 2.75) is 19.8 Å². The molecule has 0 radical (unpaired) electrons. The molecule has 2 heterocycles. The van der Waals surface area contributed by atoms with Gasteiger partial charge in [-0.3, -0.25) is 9.36 Å². The summed E-state index contributed by atoms with van der Waals surface area (Å²) in [7, 11) is 3.06. The maximum absolute atomic E-state index is 13.4. The molecule has 0 unspecified atom stereocenters. The summed E-state index contributed by atoms with van der Waals surface area (Å²) in [5.74, 6) is 1.34. The maximum Gasteiger partial charge on any atom is 0.274 e. The maximum atomic E-state index is 13.4. The molecular formula is C28H26N4O5S. The molecule has 1 aliphatic heterocycles. The number of nitrogens with two attached hydrogens (primary N) is 1. The van der Waals surface area contributed by atoms with Gasteiger partial charge in [-0.2, -0.15) is 10.5 Å². The van der Waals surface area contributed by atoms with Crippen LogP contribution < -0.4 is 39.4 Å². The fourth-order valence-electron chi connectivity index (χ4n) is 4.32. The van der Waals surface area contributed by atoms with Crippen molar-refractivity contribution >= 4 is 28.8 Å². The predicted octanol–water partition coefficient (Wildman–Crippen LogP) is 2.68. The quantitative estimate of drug-likeness (QED) is 0.470. The molecule has 2 aromatic carbocycles. The normalized spacial score (nSPS) is 14.9. The van der Waals surface area contributed by atoms with E-state index in [4.69, 9.17) is 24.7 Å². The second kappa shape index (κ2) is 11.2. The Morgan fingerprint density at radius 2 is 1.55 bits per heavy atom. The molecule has 0 saturated carbocycles. The minimum Gasteiger partial charge on any atom is -0.493 e. The van der Waals surface area contributed by atoms with Crippen LogP contribution in [0.25, 0.3) is 17.5 Å². The zero-order valence-electron chi connectivity index (χ0n) is 21.4. The Morgan fingerprint density at radius 3 is 2.13 bits per heavy atom. The number of methoxy groups -OCH3 is 2. The van der Waals surface area contributed by atoms with Gasteiger partial charge in [-0.15, -0.1) is 11.3 Å². The molecule has 0 saturated heterocycles. The zero-order chi connectivity index (χ0) is 27.4. The highest BCUT2D eigenvalue weighted by Gasteiger charge is 2.32. The molecule has 0 aliphatic carbocycles. The van der Waals surface area contributed by atoms with Crippen LogP contribution in [0.1, 0.15) is 30.9 Å². The van der Waals surface area contributed by atoms with Gasteiger partial charge in [-0.05, 0) is 55.3 Å². The van der Waals surface area contributed by atoms with Gasteiger partial charge < -0.3 is 24.7 Å². The number of rotatable bonds is 8. The molecule has 10 heteroatoms. The van der Waals surface area contributed by atoms with Crippen LogP contribution in [-0.4, -0.2) is 32.0 Å². The topological polar surface area (TPSA) is 133 Å². The number of hydrogen-bond acceptors (Lipinski definition) is 9. The van der Waals surface area contributed by atoms with Crippen molar-refractivity contribution < 1.29 is 18.9 Å². The van der Waals surface area contributed by atoms with Crippen LogP contribution in [0.3, 0.4) is 0 Å². The molecule has 194 valence electrons. The van der Waals surface area contributed by atoms with Crippen molar-refractivity contribution in [2.75, 3.05) is 27.4 Å². The van der Waals surface area contributed by atoms with Gasteiger partial charge in [0.2, 0.25) is 0 Å². The third-order valence-electron chi connectivity index (χ3n) is 6.00. The smallest absolute Gasteiger partial charge is 0.274 e. The summed E-state index contributed by atoms with van der Waals surface area (Å²) < 4.78 is 24.0. The van der Waals surface area contributed by atoms with Crippen molar-refractivity contribution in [2.24, 2.45) is 5.73 Å². The van der Waals surface area contributed by atoms with Crippen LogP contribution in [0, 0.1) is 22.7 Å². The highest BCUT2D eigenvalue weighted by molar-refractivity contribution is 7.07. The van der Waals surface area contributed by atoms with Gasteiger partial charge in [0.15, 0.2) is 23.0 Å². The standard InChI is InChI=1S/C28H26N4O5S/c1-5-36-20-9-7-16(11-22(20)34-3)12-24-27(33)32-26(31)18(14-29)25(19(15-30)28(32)38-24)17-8-10-21(37-6-2)23(13-17)35-4/h7-13,25H,5-6,31H2,1-4H3/b24-12+/t25-/m0/s1. The summed E-state index contributed by atoms with van der Waals surface area (Å²) >= 11 is 1.14. The van der Waals surface area contributed by atoms with Crippen LogP contribution >= 0.6 is 11.3 Å². The minimum atomic E-state index is -0.772. The number of aromatic nitrogens is 1. The molecule has 0 fully saturated rings. The van der Waals surface area contributed by atoms with Crippen molar-refractivity contribution in [3.8, 4) is 35.1 Å². The van der Waals surface area contributed by atoms with Gasteiger partial charge >= 0.3 is 0 Å². The van der Waals surface area contributed by atoms with Crippen LogP contribution in [-0.2, 0) is 0 Å². The Hall–Kier alpha value is -4.67. The average molecular weight is 531 g/mol. The third-order valence-corrected chi connectivity index (χ3v) is 7.10.